The van der Waals surface area contributed by atoms with E-state index in [0.717, 1.165) is 22.4 Å². The van der Waals surface area contributed by atoms with Crippen molar-refractivity contribution in [3.8, 4) is 0 Å². The van der Waals surface area contributed by atoms with Crippen molar-refractivity contribution in [2.75, 3.05) is 0 Å². The first-order valence-corrected chi connectivity index (χ1v) is 6.61. The molecule has 104 valence electrons. The van der Waals surface area contributed by atoms with E-state index in [4.69, 9.17) is 5.73 Å². The Morgan fingerprint density at radius 1 is 1.45 bits per heavy atom. The van der Waals surface area contributed by atoms with E-state index in [0.29, 0.717) is 19.4 Å². The number of imide groups is 1. The van der Waals surface area contributed by atoms with Gasteiger partial charge in [0.2, 0.25) is 11.8 Å². The monoisotopic (exact) mass is 272 g/mol. The number of piperidine rings is 1. The number of nitrogens with one attached hydrogen (secondary N) is 1. The number of benzene rings is 1. The smallest absolute Gasteiger partial charge is 0.249 e. The highest BCUT2D eigenvalue weighted by atomic mass is 16.2. The summed E-state index contributed by atoms with van der Waals surface area (Å²) in [6.45, 7) is 2.31. The summed E-state index contributed by atoms with van der Waals surface area (Å²) in [4.78, 5) is 27.8. The van der Waals surface area contributed by atoms with Gasteiger partial charge < -0.3 is 10.3 Å². The second-order valence-corrected chi connectivity index (χ2v) is 5.02. The third-order valence-corrected chi connectivity index (χ3v) is 3.69. The van der Waals surface area contributed by atoms with Crippen LogP contribution in [0.2, 0.25) is 0 Å². The first-order chi connectivity index (χ1) is 9.60. The minimum atomic E-state index is -0.384. The molecule has 6 heteroatoms. The summed E-state index contributed by atoms with van der Waals surface area (Å²) in [5.74, 6) is 0.293. The van der Waals surface area contributed by atoms with E-state index in [9.17, 15) is 9.59 Å². The lowest BCUT2D eigenvalue weighted by molar-refractivity contribution is -0.135. The fraction of sp³-hybridized carbons (Fsp3) is 0.357. The van der Waals surface area contributed by atoms with E-state index in [1.54, 1.807) is 0 Å². The van der Waals surface area contributed by atoms with Crippen molar-refractivity contribution >= 4 is 22.8 Å². The summed E-state index contributed by atoms with van der Waals surface area (Å²) in [7, 11) is 0. The van der Waals surface area contributed by atoms with Crippen LogP contribution in [0.15, 0.2) is 18.2 Å². The number of fused-ring (bicyclic) bond motifs is 1. The standard InChI is InChI=1S/C14H16N4O2/c1-8-16-10-3-2-9(7-15)6-12(10)18(8)11-4-5-13(19)17-14(11)20/h2-3,6,11H,4-5,7,15H2,1H3,(H,17,19,20). The van der Waals surface area contributed by atoms with Gasteiger partial charge in [0.25, 0.3) is 0 Å². The van der Waals surface area contributed by atoms with Crippen molar-refractivity contribution in [1.82, 2.24) is 14.9 Å². The third-order valence-electron chi connectivity index (χ3n) is 3.69. The van der Waals surface area contributed by atoms with Crippen LogP contribution in [-0.4, -0.2) is 21.4 Å². The third kappa shape index (κ3) is 1.98. The average molecular weight is 272 g/mol. The molecular weight excluding hydrogens is 256 g/mol. The molecule has 3 rings (SSSR count). The van der Waals surface area contributed by atoms with Gasteiger partial charge in [0.05, 0.1) is 11.0 Å². The van der Waals surface area contributed by atoms with Crippen LogP contribution in [0.4, 0.5) is 0 Å². The van der Waals surface area contributed by atoms with Crippen molar-refractivity contribution in [2.45, 2.75) is 32.4 Å². The van der Waals surface area contributed by atoms with Crippen LogP contribution in [0.3, 0.4) is 0 Å². The molecule has 1 aromatic carbocycles. The Hall–Kier alpha value is -2.21. The zero-order valence-electron chi connectivity index (χ0n) is 11.2. The maximum atomic E-state index is 12.0. The Balaban J connectivity index is 2.12. The molecule has 20 heavy (non-hydrogen) atoms. The number of amides is 2. The number of carbonyl (C=O) groups excluding carboxylic acids is 2. The second kappa shape index (κ2) is 4.72. The summed E-state index contributed by atoms with van der Waals surface area (Å²) in [6, 6.07) is 5.42. The number of hydrogen-bond donors (Lipinski definition) is 2. The second-order valence-electron chi connectivity index (χ2n) is 5.02. The summed E-state index contributed by atoms with van der Waals surface area (Å²) in [6.07, 6.45) is 0.857. The minimum Gasteiger partial charge on any atom is -0.326 e. The fourth-order valence-corrected chi connectivity index (χ4v) is 2.71. The molecule has 3 N–H and O–H groups in total. The zero-order chi connectivity index (χ0) is 14.3. The SMILES string of the molecule is Cc1nc2ccc(CN)cc2n1C1CCC(=O)NC1=O. The molecule has 0 bridgehead atoms. The van der Waals surface area contributed by atoms with Crippen molar-refractivity contribution in [3.05, 3.63) is 29.6 Å². The number of aromatic nitrogens is 2. The molecular formula is C14H16N4O2. The normalized spacial score (nSPS) is 19.4. The van der Waals surface area contributed by atoms with Gasteiger partial charge in [0, 0.05) is 13.0 Å². The minimum absolute atomic E-state index is 0.212. The van der Waals surface area contributed by atoms with Crippen LogP contribution in [0, 0.1) is 6.92 Å². The highest BCUT2D eigenvalue weighted by Gasteiger charge is 2.30. The summed E-state index contributed by atoms with van der Waals surface area (Å²) in [5.41, 5.74) is 8.39. The van der Waals surface area contributed by atoms with Gasteiger partial charge in [-0.1, -0.05) is 6.07 Å². The molecule has 1 atom stereocenters. The van der Waals surface area contributed by atoms with Crippen molar-refractivity contribution in [3.63, 3.8) is 0 Å². The van der Waals surface area contributed by atoms with Gasteiger partial charge in [0.15, 0.2) is 0 Å². The lowest BCUT2D eigenvalue weighted by atomic mass is 10.1. The molecule has 6 nitrogen and oxygen atoms in total. The van der Waals surface area contributed by atoms with Gasteiger partial charge in [0.1, 0.15) is 11.9 Å². The van der Waals surface area contributed by atoms with Crippen LogP contribution < -0.4 is 11.1 Å². The number of rotatable bonds is 2. The number of imidazole rings is 1. The lowest BCUT2D eigenvalue weighted by Gasteiger charge is -2.23. The highest BCUT2D eigenvalue weighted by Crippen LogP contribution is 2.26. The van der Waals surface area contributed by atoms with Crippen LogP contribution in [0.1, 0.15) is 30.3 Å². The van der Waals surface area contributed by atoms with Gasteiger partial charge in [-0.3, -0.25) is 14.9 Å². The molecule has 0 radical (unpaired) electrons. The molecule has 2 heterocycles. The molecule has 2 amide bonds. The molecule has 1 fully saturated rings. The summed E-state index contributed by atoms with van der Waals surface area (Å²) in [5, 5.41) is 2.39. The Morgan fingerprint density at radius 3 is 2.95 bits per heavy atom. The predicted molar refractivity (Wildman–Crippen MR) is 73.8 cm³/mol. The molecule has 1 saturated heterocycles. The van der Waals surface area contributed by atoms with Gasteiger partial charge in [-0.25, -0.2) is 4.98 Å². The van der Waals surface area contributed by atoms with E-state index in [-0.39, 0.29) is 17.9 Å². The van der Waals surface area contributed by atoms with E-state index >= 15 is 0 Å². The van der Waals surface area contributed by atoms with Gasteiger partial charge in [-0.05, 0) is 31.0 Å². The number of hydrogen-bond acceptors (Lipinski definition) is 4. The molecule has 1 unspecified atom stereocenters. The highest BCUT2D eigenvalue weighted by molar-refractivity contribution is 6.00. The predicted octanol–water partition coefficient (Wildman–Crippen LogP) is 0.781. The number of carbonyl (C=O) groups is 2. The lowest BCUT2D eigenvalue weighted by Crippen LogP contribution is -2.41. The van der Waals surface area contributed by atoms with Crippen LogP contribution in [0.25, 0.3) is 11.0 Å². The molecule has 0 aliphatic carbocycles. The maximum Gasteiger partial charge on any atom is 0.249 e. The van der Waals surface area contributed by atoms with Crippen LogP contribution >= 0.6 is 0 Å². The summed E-state index contributed by atoms with van der Waals surface area (Å²) < 4.78 is 1.90. The molecule has 0 saturated carbocycles. The molecule has 1 aliphatic rings. The summed E-state index contributed by atoms with van der Waals surface area (Å²) >= 11 is 0. The van der Waals surface area contributed by atoms with Crippen molar-refractivity contribution in [1.29, 1.82) is 0 Å². The number of nitrogens with zero attached hydrogens (tertiary/aromatic N) is 2. The van der Waals surface area contributed by atoms with Crippen molar-refractivity contribution in [2.24, 2.45) is 5.73 Å². The van der Waals surface area contributed by atoms with Gasteiger partial charge in [-0.2, -0.15) is 0 Å². The van der Waals surface area contributed by atoms with Gasteiger partial charge >= 0.3 is 0 Å². The average Bonchev–Trinajstić information content (AvgIpc) is 2.74. The van der Waals surface area contributed by atoms with Gasteiger partial charge in [-0.15, -0.1) is 0 Å². The van der Waals surface area contributed by atoms with E-state index in [2.05, 4.69) is 10.3 Å². The van der Waals surface area contributed by atoms with Crippen LogP contribution in [0.5, 0.6) is 0 Å². The topological polar surface area (TPSA) is 90.0 Å². The first-order valence-electron chi connectivity index (χ1n) is 6.61. The zero-order valence-corrected chi connectivity index (χ0v) is 11.2. The molecule has 1 aliphatic heterocycles. The quantitative estimate of drug-likeness (QED) is 0.790. The Labute approximate surface area is 116 Å². The number of nitrogens with two attached hydrogens (primary N) is 1. The van der Waals surface area contributed by atoms with E-state index < -0.39 is 0 Å². The maximum absolute atomic E-state index is 12.0. The fourth-order valence-electron chi connectivity index (χ4n) is 2.71. The Kier molecular flexibility index (Phi) is 3.02. The largest absolute Gasteiger partial charge is 0.326 e. The molecule has 0 spiro atoms. The molecule has 2 aromatic rings. The van der Waals surface area contributed by atoms with E-state index in [1.165, 1.54) is 0 Å². The van der Waals surface area contributed by atoms with E-state index in [1.807, 2.05) is 29.7 Å². The molecule has 1 aromatic heterocycles. The number of aryl methyl sites for hydroxylation is 1. The van der Waals surface area contributed by atoms with Crippen LogP contribution in [-0.2, 0) is 16.1 Å². The Morgan fingerprint density at radius 2 is 2.25 bits per heavy atom. The van der Waals surface area contributed by atoms with Crippen molar-refractivity contribution < 1.29 is 9.59 Å². The Bertz CT molecular complexity index is 705. The first kappa shape index (κ1) is 12.8.